The van der Waals surface area contributed by atoms with Crippen molar-refractivity contribution in [2.24, 2.45) is 0 Å². The molecule has 2 saturated heterocycles. The third kappa shape index (κ3) is 3.10. The molecule has 1 aromatic carbocycles. The molecule has 2 fully saturated rings. The van der Waals surface area contributed by atoms with Gasteiger partial charge in [0, 0.05) is 20.1 Å². The molecular weight excluding hydrogens is 282 g/mol. The van der Waals surface area contributed by atoms with E-state index in [1.807, 2.05) is 29.2 Å². The van der Waals surface area contributed by atoms with Crippen LogP contribution >= 0.6 is 0 Å². The second-order valence-corrected chi connectivity index (χ2v) is 6.16. The number of amides is 1. The fourth-order valence-electron chi connectivity index (χ4n) is 3.26. The van der Waals surface area contributed by atoms with Crippen LogP contribution in [0.1, 0.15) is 18.4 Å². The van der Waals surface area contributed by atoms with Crippen molar-refractivity contribution in [2.75, 3.05) is 33.9 Å². The minimum Gasteiger partial charge on any atom is -0.497 e. The topological polar surface area (TPSA) is 48.0 Å². The molecule has 1 aromatic rings. The third-order valence-corrected chi connectivity index (χ3v) is 4.61. The normalized spacial score (nSPS) is 23.2. The standard InChI is InChI=1S/C17H23NO4/c1-20-14-5-3-13(4-6-14)9-16(19)18-11-17(12-18)10-15(21-2)7-8-22-17/h3-6,15H,7-12H2,1-2H3. The van der Waals surface area contributed by atoms with Crippen LogP contribution in [0.2, 0.25) is 0 Å². The molecule has 0 N–H and O–H groups in total. The molecule has 1 amide bonds. The number of methoxy groups -OCH3 is 2. The molecule has 0 aromatic heterocycles. The molecule has 5 heteroatoms. The minimum atomic E-state index is -0.172. The van der Waals surface area contributed by atoms with Crippen LogP contribution in [0.25, 0.3) is 0 Å². The molecular formula is C17H23NO4. The second kappa shape index (κ2) is 6.26. The maximum atomic E-state index is 12.3. The zero-order valence-electron chi connectivity index (χ0n) is 13.2. The number of benzene rings is 1. The number of nitrogens with zero attached hydrogens (tertiary/aromatic N) is 1. The van der Waals surface area contributed by atoms with Crippen molar-refractivity contribution >= 4 is 5.91 Å². The molecule has 2 heterocycles. The van der Waals surface area contributed by atoms with Crippen LogP contribution < -0.4 is 4.74 Å². The fourth-order valence-corrected chi connectivity index (χ4v) is 3.26. The highest BCUT2D eigenvalue weighted by atomic mass is 16.5. The summed E-state index contributed by atoms with van der Waals surface area (Å²) in [5.74, 6) is 0.958. The van der Waals surface area contributed by atoms with E-state index in [0.717, 1.165) is 30.8 Å². The Kier molecular flexibility index (Phi) is 4.36. The Balaban J connectivity index is 1.52. The minimum absolute atomic E-state index is 0.152. The summed E-state index contributed by atoms with van der Waals surface area (Å²) < 4.78 is 16.5. The van der Waals surface area contributed by atoms with Crippen LogP contribution in [0, 0.1) is 0 Å². The first-order valence-corrected chi connectivity index (χ1v) is 7.71. The van der Waals surface area contributed by atoms with Gasteiger partial charge in [0.15, 0.2) is 0 Å². The third-order valence-electron chi connectivity index (χ3n) is 4.61. The van der Waals surface area contributed by atoms with Gasteiger partial charge in [0.25, 0.3) is 0 Å². The number of rotatable bonds is 4. The van der Waals surface area contributed by atoms with Gasteiger partial charge in [-0.2, -0.15) is 0 Å². The lowest BCUT2D eigenvalue weighted by Crippen LogP contribution is -2.67. The van der Waals surface area contributed by atoms with E-state index < -0.39 is 0 Å². The maximum absolute atomic E-state index is 12.3. The Hall–Kier alpha value is -1.59. The summed E-state index contributed by atoms with van der Waals surface area (Å²) in [6, 6.07) is 7.63. The zero-order chi connectivity index (χ0) is 15.6. The Morgan fingerprint density at radius 1 is 1.32 bits per heavy atom. The van der Waals surface area contributed by atoms with Crippen LogP contribution in [0.4, 0.5) is 0 Å². The number of carbonyl (C=O) groups excluding carboxylic acids is 1. The van der Waals surface area contributed by atoms with Gasteiger partial charge in [-0.05, 0) is 24.1 Å². The zero-order valence-corrected chi connectivity index (χ0v) is 13.2. The second-order valence-electron chi connectivity index (χ2n) is 6.16. The van der Waals surface area contributed by atoms with Gasteiger partial charge in [0.05, 0.1) is 32.7 Å². The van der Waals surface area contributed by atoms with E-state index in [0.29, 0.717) is 19.5 Å². The van der Waals surface area contributed by atoms with Gasteiger partial charge in [-0.25, -0.2) is 0 Å². The Morgan fingerprint density at radius 3 is 2.68 bits per heavy atom. The molecule has 120 valence electrons. The predicted molar refractivity (Wildman–Crippen MR) is 82.0 cm³/mol. The molecule has 5 nitrogen and oxygen atoms in total. The monoisotopic (exact) mass is 305 g/mol. The van der Waals surface area contributed by atoms with Crippen molar-refractivity contribution in [1.29, 1.82) is 0 Å². The van der Waals surface area contributed by atoms with E-state index in [4.69, 9.17) is 14.2 Å². The molecule has 0 aliphatic carbocycles. The van der Waals surface area contributed by atoms with Gasteiger partial charge in [0.2, 0.25) is 5.91 Å². The first-order chi connectivity index (χ1) is 10.6. The van der Waals surface area contributed by atoms with E-state index in [2.05, 4.69) is 0 Å². The van der Waals surface area contributed by atoms with Crippen LogP contribution in [-0.4, -0.2) is 56.4 Å². The summed E-state index contributed by atoms with van der Waals surface area (Å²) in [7, 11) is 3.38. The molecule has 1 unspecified atom stereocenters. The van der Waals surface area contributed by atoms with Gasteiger partial charge in [-0.15, -0.1) is 0 Å². The SMILES string of the molecule is COc1ccc(CC(=O)N2CC3(CC(OC)CCO3)C2)cc1. The van der Waals surface area contributed by atoms with Gasteiger partial charge >= 0.3 is 0 Å². The molecule has 0 saturated carbocycles. The van der Waals surface area contributed by atoms with E-state index in [9.17, 15) is 4.79 Å². The van der Waals surface area contributed by atoms with Crippen LogP contribution in [-0.2, 0) is 20.7 Å². The van der Waals surface area contributed by atoms with Gasteiger partial charge in [-0.3, -0.25) is 4.79 Å². The Morgan fingerprint density at radius 2 is 2.05 bits per heavy atom. The van der Waals surface area contributed by atoms with E-state index >= 15 is 0 Å². The number of likely N-dealkylation sites (tertiary alicyclic amines) is 1. The average molecular weight is 305 g/mol. The summed E-state index contributed by atoms with van der Waals surface area (Å²) in [4.78, 5) is 14.2. The van der Waals surface area contributed by atoms with Gasteiger partial charge in [-0.1, -0.05) is 12.1 Å². The van der Waals surface area contributed by atoms with Crippen molar-refractivity contribution in [3.05, 3.63) is 29.8 Å². The first kappa shape index (κ1) is 15.3. The maximum Gasteiger partial charge on any atom is 0.227 e. The molecule has 3 rings (SSSR count). The summed E-state index contributed by atoms with van der Waals surface area (Å²) in [6.45, 7) is 2.09. The summed E-state index contributed by atoms with van der Waals surface area (Å²) in [6.07, 6.45) is 2.51. The highest BCUT2D eigenvalue weighted by molar-refractivity contribution is 5.80. The van der Waals surface area contributed by atoms with Crippen molar-refractivity contribution in [2.45, 2.75) is 31.0 Å². The fraction of sp³-hybridized carbons (Fsp3) is 0.588. The summed E-state index contributed by atoms with van der Waals surface area (Å²) >= 11 is 0. The molecule has 0 radical (unpaired) electrons. The Labute approximate surface area is 131 Å². The van der Waals surface area contributed by atoms with E-state index in [-0.39, 0.29) is 17.6 Å². The number of carbonyl (C=O) groups is 1. The number of hydrogen-bond acceptors (Lipinski definition) is 4. The van der Waals surface area contributed by atoms with E-state index in [1.54, 1.807) is 14.2 Å². The number of ether oxygens (including phenoxy) is 3. The van der Waals surface area contributed by atoms with Crippen molar-refractivity contribution in [3.8, 4) is 5.75 Å². The summed E-state index contributed by atoms with van der Waals surface area (Å²) in [5, 5.41) is 0. The highest BCUT2D eigenvalue weighted by Crippen LogP contribution is 2.35. The van der Waals surface area contributed by atoms with Crippen molar-refractivity contribution in [1.82, 2.24) is 4.90 Å². The molecule has 22 heavy (non-hydrogen) atoms. The Bertz CT molecular complexity index is 522. The van der Waals surface area contributed by atoms with Gasteiger partial charge < -0.3 is 19.1 Å². The van der Waals surface area contributed by atoms with Crippen molar-refractivity contribution in [3.63, 3.8) is 0 Å². The first-order valence-electron chi connectivity index (χ1n) is 7.71. The lowest BCUT2D eigenvalue weighted by Gasteiger charge is -2.53. The van der Waals surface area contributed by atoms with Crippen molar-refractivity contribution < 1.29 is 19.0 Å². The lowest BCUT2D eigenvalue weighted by molar-refractivity contribution is -0.198. The van der Waals surface area contributed by atoms with Crippen LogP contribution in [0.5, 0.6) is 5.75 Å². The highest BCUT2D eigenvalue weighted by Gasteiger charge is 2.49. The van der Waals surface area contributed by atoms with E-state index in [1.165, 1.54) is 0 Å². The van der Waals surface area contributed by atoms with Gasteiger partial charge in [0.1, 0.15) is 11.4 Å². The molecule has 2 aliphatic heterocycles. The van der Waals surface area contributed by atoms with Crippen LogP contribution in [0.3, 0.4) is 0 Å². The quantitative estimate of drug-likeness (QED) is 0.848. The largest absolute Gasteiger partial charge is 0.497 e. The molecule has 2 aliphatic rings. The summed E-state index contributed by atoms with van der Waals surface area (Å²) in [5.41, 5.74) is 0.834. The molecule has 1 atom stereocenters. The van der Waals surface area contributed by atoms with Crippen LogP contribution in [0.15, 0.2) is 24.3 Å². The predicted octanol–water partition coefficient (Wildman–Crippen LogP) is 1.64. The smallest absolute Gasteiger partial charge is 0.227 e. The lowest BCUT2D eigenvalue weighted by atomic mass is 9.84. The number of hydrogen-bond donors (Lipinski definition) is 0. The molecule has 1 spiro atoms. The average Bonchev–Trinajstić information content (AvgIpc) is 2.53. The molecule has 0 bridgehead atoms.